The van der Waals surface area contributed by atoms with Gasteiger partial charge in [0.1, 0.15) is 5.76 Å². The molecule has 9 heteroatoms. The van der Waals surface area contributed by atoms with E-state index in [0.29, 0.717) is 30.1 Å². The summed E-state index contributed by atoms with van der Waals surface area (Å²) in [5, 5.41) is 0. The molecule has 0 aliphatic rings. The number of nitrogens with zero attached hydrogens (tertiary/aromatic N) is 5. The molecule has 0 aliphatic carbocycles. The zero-order chi connectivity index (χ0) is 23.0. The molecule has 168 valence electrons. The van der Waals surface area contributed by atoms with Crippen molar-refractivity contribution in [3.05, 3.63) is 74.3 Å². The van der Waals surface area contributed by atoms with Crippen LogP contribution in [0.3, 0.4) is 0 Å². The van der Waals surface area contributed by atoms with Gasteiger partial charge in [0, 0.05) is 30.5 Å². The fourth-order valence-corrected chi connectivity index (χ4v) is 3.95. The molecule has 0 aliphatic heterocycles. The summed E-state index contributed by atoms with van der Waals surface area (Å²) in [5.74, 6) is 0.386. The number of unbranched alkanes of at least 4 members (excludes halogenated alkanes) is 1. The lowest BCUT2D eigenvalue weighted by Crippen LogP contribution is -2.42. The van der Waals surface area contributed by atoms with Gasteiger partial charge < -0.3 is 13.6 Å². The Morgan fingerprint density at radius 3 is 2.59 bits per heavy atom. The summed E-state index contributed by atoms with van der Waals surface area (Å²) in [5.41, 5.74) is 1.82. The molecule has 4 aromatic rings. The molecule has 0 saturated carbocycles. The van der Waals surface area contributed by atoms with Crippen LogP contribution in [-0.2, 0) is 26.7 Å². The quantitative estimate of drug-likeness (QED) is 0.395. The molecule has 0 aromatic carbocycles. The van der Waals surface area contributed by atoms with Crippen LogP contribution in [0.15, 0.2) is 44.8 Å². The van der Waals surface area contributed by atoms with Crippen LogP contribution in [0.2, 0.25) is 0 Å². The first-order valence-corrected chi connectivity index (χ1v) is 10.7. The first-order chi connectivity index (χ1) is 15.3. The highest BCUT2D eigenvalue weighted by Crippen LogP contribution is 2.15. The van der Waals surface area contributed by atoms with Crippen molar-refractivity contribution in [1.82, 2.24) is 23.3 Å². The molecule has 0 radical (unpaired) electrons. The van der Waals surface area contributed by atoms with E-state index < -0.39 is 11.2 Å². The zero-order valence-electron chi connectivity index (χ0n) is 18.8. The molecule has 0 saturated heterocycles. The van der Waals surface area contributed by atoms with Crippen LogP contribution < -0.4 is 11.2 Å². The normalized spacial score (nSPS) is 11.5. The van der Waals surface area contributed by atoms with Gasteiger partial charge in [-0.1, -0.05) is 13.3 Å². The lowest BCUT2D eigenvalue weighted by atomic mass is 10.1. The second kappa shape index (κ2) is 8.49. The summed E-state index contributed by atoms with van der Waals surface area (Å²) in [7, 11) is 1.88. The number of ketones is 1. The highest BCUT2D eigenvalue weighted by atomic mass is 16.3. The minimum absolute atomic E-state index is 0.274. The minimum Gasteiger partial charge on any atom is -0.467 e. The number of imidazole rings is 1. The minimum atomic E-state index is -0.527. The third kappa shape index (κ3) is 3.63. The summed E-state index contributed by atoms with van der Waals surface area (Å²) in [6.07, 6.45) is 4.73. The maximum Gasteiger partial charge on any atom is 0.333 e. The Hall–Kier alpha value is -3.62. The molecule has 32 heavy (non-hydrogen) atoms. The van der Waals surface area contributed by atoms with E-state index in [1.54, 1.807) is 23.0 Å². The van der Waals surface area contributed by atoms with Crippen molar-refractivity contribution in [1.29, 1.82) is 0 Å². The Morgan fingerprint density at radius 2 is 1.97 bits per heavy atom. The van der Waals surface area contributed by atoms with Crippen molar-refractivity contribution in [2.24, 2.45) is 7.05 Å². The van der Waals surface area contributed by atoms with Crippen LogP contribution >= 0.6 is 0 Å². The molecule has 0 atom stereocenters. The molecule has 0 spiro atoms. The van der Waals surface area contributed by atoms with Gasteiger partial charge in [-0.3, -0.25) is 18.7 Å². The number of fused-ring (bicyclic) bond motifs is 1. The van der Waals surface area contributed by atoms with E-state index in [-0.39, 0.29) is 17.8 Å². The monoisotopic (exact) mass is 437 g/mol. The van der Waals surface area contributed by atoms with Crippen LogP contribution in [0.1, 0.15) is 47.3 Å². The van der Waals surface area contributed by atoms with Gasteiger partial charge in [0.2, 0.25) is 0 Å². The first kappa shape index (κ1) is 21.6. The maximum absolute atomic E-state index is 13.4. The molecular formula is C23H27N5O4. The Balaban J connectivity index is 1.85. The average molecular weight is 438 g/mol. The number of hydrogen-bond donors (Lipinski definition) is 0. The number of carbonyl (C=O) groups is 1. The molecule has 0 bridgehead atoms. The number of carbonyl (C=O) groups excluding carboxylic acids is 1. The Bertz CT molecular complexity index is 1400. The van der Waals surface area contributed by atoms with Crippen LogP contribution in [0, 0.1) is 13.8 Å². The van der Waals surface area contributed by atoms with Crippen molar-refractivity contribution in [3.8, 4) is 0 Å². The summed E-state index contributed by atoms with van der Waals surface area (Å²) < 4.78 is 11.5. The summed E-state index contributed by atoms with van der Waals surface area (Å²) in [6.45, 7) is 6.18. The largest absolute Gasteiger partial charge is 0.467 e. The lowest BCUT2D eigenvalue weighted by Gasteiger charge is -2.12. The van der Waals surface area contributed by atoms with Crippen molar-refractivity contribution >= 4 is 16.9 Å². The predicted octanol–water partition coefficient (Wildman–Crippen LogP) is 2.64. The topological polar surface area (TPSA) is 97.0 Å². The second-order valence-corrected chi connectivity index (χ2v) is 8.07. The molecule has 9 nitrogen and oxygen atoms in total. The van der Waals surface area contributed by atoms with Gasteiger partial charge in [-0.2, -0.15) is 0 Å². The first-order valence-electron chi connectivity index (χ1n) is 10.7. The van der Waals surface area contributed by atoms with Gasteiger partial charge in [0.05, 0.1) is 25.7 Å². The van der Waals surface area contributed by atoms with Gasteiger partial charge in [-0.25, -0.2) is 9.78 Å². The molecule has 0 unspecified atom stereocenters. The van der Waals surface area contributed by atoms with Crippen LogP contribution in [-0.4, -0.2) is 29.0 Å². The Morgan fingerprint density at radius 1 is 1.19 bits per heavy atom. The standard InChI is InChI=1S/C23H27N5O4/c1-5-6-9-27-21-20(26(14-24-21)12-17-8-7-10-32-17)22(30)28(23(27)31)13-19(29)18-11-15(2)25(4)16(18)3/h7-8,10-11,14H,5-6,9,12-13H2,1-4H3. The highest BCUT2D eigenvalue weighted by molar-refractivity contribution is 5.97. The van der Waals surface area contributed by atoms with Gasteiger partial charge >= 0.3 is 5.69 Å². The fourth-order valence-electron chi connectivity index (χ4n) is 3.95. The third-order valence-electron chi connectivity index (χ3n) is 6.00. The molecule has 0 amide bonds. The van der Waals surface area contributed by atoms with Gasteiger partial charge in [-0.15, -0.1) is 0 Å². The molecule has 4 aromatic heterocycles. The third-order valence-corrected chi connectivity index (χ3v) is 6.00. The highest BCUT2D eigenvalue weighted by Gasteiger charge is 2.22. The second-order valence-electron chi connectivity index (χ2n) is 8.07. The van der Waals surface area contributed by atoms with Gasteiger partial charge in [0.25, 0.3) is 5.56 Å². The van der Waals surface area contributed by atoms with Crippen molar-refractivity contribution in [3.63, 3.8) is 0 Å². The van der Waals surface area contributed by atoms with E-state index in [1.165, 1.54) is 10.9 Å². The van der Waals surface area contributed by atoms with Crippen LogP contribution in [0.5, 0.6) is 0 Å². The summed E-state index contributed by atoms with van der Waals surface area (Å²) in [4.78, 5) is 44.1. The van der Waals surface area contributed by atoms with Crippen molar-refractivity contribution < 1.29 is 9.21 Å². The molecule has 0 fully saturated rings. The molecule has 4 heterocycles. The molecular weight excluding hydrogens is 410 g/mol. The maximum atomic E-state index is 13.4. The van der Waals surface area contributed by atoms with Gasteiger partial charge in [0.15, 0.2) is 16.9 Å². The number of furan rings is 1. The zero-order valence-corrected chi connectivity index (χ0v) is 18.8. The molecule has 0 N–H and O–H groups in total. The Kier molecular flexibility index (Phi) is 5.73. The van der Waals surface area contributed by atoms with E-state index in [2.05, 4.69) is 4.98 Å². The average Bonchev–Trinajstić information content (AvgIpc) is 3.49. The van der Waals surface area contributed by atoms with Crippen LogP contribution in [0.25, 0.3) is 11.2 Å². The van der Waals surface area contributed by atoms with Crippen molar-refractivity contribution in [2.75, 3.05) is 0 Å². The SMILES string of the molecule is CCCCn1c(=O)n(CC(=O)c2cc(C)n(C)c2C)c(=O)c2c1ncn2Cc1ccco1. The Labute approximate surface area is 184 Å². The smallest absolute Gasteiger partial charge is 0.333 e. The number of hydrogen-bond acceptors (Lipinski definition) is 5. The van der Waals surface area contributed by atoms with E-state index in [1.807, 2.05) is 38.5 Å². The summed E-state index contributed by atoms with van der Waals surface area (Å²) >= 11 is 0. The number of aromatic nitrogens is 5. The van der Waals surface area contributed by atoms with E-state index in [0.717, 1.165) is 28.8 Å². The fraction of sp³-hybridized carbons (Fsp3) is 0.391. The molecule has 4 rings (SSSR count). The van der Waals surface area contributed by atoms with E-state index in [4.69, 9.17) is 4.42 Å². The number of aryl methyl sites for hydroxylation is 2. The van der Waals surface area contributed by atoms with E-state index >= 15 is 0 Å². The predicted molar refractivity (Wildman–Crippen MR) is 120 cm³/mol. The van der Waals surface area contributed by atoms with Crippen molar-refractivity contribution in [2.45, 2.75) is 53.2 Å². The number of rotatable bonds is 8. The lowest BCUT2D eigenvalue weighted by molar-refractivity contribution is 0.0968. The number of Topliss-reactive ketones (excluding diaryl/α,β-unsaturated/α-hetero) is 1. The van der Waals surface area contributed by atoms with E-state index in [9.17, 15) is 14.4 Å². The summed E-state index contributed by atoms with van der Waals surface area (Å²) in [6, 6.07) is 5.37. The van der Waals surface area contributed by atoms with Gasteiger partial charge in [-0.05, 0) is 38.5 Å². The van der Waals surface area contributed by atoms with Crippen LogP contribution in [0.4, 0.5) is 0 Å².